The van der Waals surface area contributed by atoms with E-state index in [2.05, 4.69) is 42.5 Å². The number of amides is 1. The van der Waals surface area contributed by atoms with Gasteiger partial charge in [0.05, 0.1) is 34.4 Å². The van der Waals surface area contributed by atoms with Gasteiger partial charge in [-0.05, 0) is 70.6 Å². The van der Waals surface area contributed by atoms with Gasteiger partial charge >= 0.3 is 0 Å². The molecule has 2 atom stereocenters. The van der Waals surface area contributed by atoms with Crippen molar-refractivity contribution in [1.29, 1.82) is 0 Å². The summed E-state index contributed by atoms with van der Waals surface area (Å²) >= 11 is 11.0. The first kappa shape index (κ1) is 20.8. The number of carbonyl (C=O) groups excluding carboxylic acids is 1. The number of thiocarbonyl (C=S) groups is 1. The maximum atomic E-state index is 11.7. The zero-order valence-corrected chi connectivity index (χ0v) is 19.5. The highest BCUT2D eigenvalue weighted by atomic mass is 79.9. The second kappa shape index (κ2) is 8.71. The first-order valence-corrected chi connectivity index (χ1v) is 11.2. The van der Waals surface area contributed by atoms with Gasteiger partial charge in [-0.2, -0.15) is 0 Å². The van der Waals surface area contributed by atoms with E-state index in [9.17, 15) is 4.79 Å². The van der Waals surface area contributed by atoms with Crippen LogP contribution in [0.2, 0.25) is 0 Å². The van der Waals surface area contributed by atoms with Gasteiger partial charge in [0.25, 0.3) is 0 Å². The second-order valence-corrected chi connectivity index (χ2v) is 9.59. The number of hydrogen-bond donors (Lipinski definition) is 2. The minimum absolute atomic E-state index is 0.0951. The van der Waals surface area contributed by atoms with Gasteiger partial charge in [0.15, 0.2) is 5.11 Å². The third kappa shape index (κ3) is 4.05. The molecule has 0 aliphatic carbocycles. The third-order valence-electron chi connectivity index (χ3n) is 4.76. The summed E-state index contributed by atoms with van der Waals surface area (Å²) < 4.78 is 6.45. The molecular formula is C21H19BrN4O2S2. The number of carbonyl (C=O) groups is 1. The van der Waals surface area contributed by atoms with Gasteiger partial charge in [-0.1, -0.05) is 6.07 Å². The van der Waals surface area contributed by atoms with Crippen molar-refractivity contribution in [3.8, 4) is 5.75 Å². The second-order valence-electron chi connectivity index (χ2n) is 6.70. The molecule has 6 nitrogen and oxygen atoms in total. The number of ether oxygens (including phenoxy) is 1. The summed E-state index contributed by atoms with van der Waals surface area (Å²) in [6.45, 7) is 1.47. The molecule has 1 aromatic carbocycles. The van der Waals surface area contributed by atoms with Crippen molar-refractivity contribution in [2.75, 3.05) is 17.3 Å². The molecule has 1 saturated heterocycles. The molecule has 0 bridgehead atoms. The number of thiophene rings is 1. The maximum absolute atomic E-state index is 11.7. The number of anilines is 2. The van der Waals surface area contributed by atoms with E-state index in [1.807, 2.05) is 42.5 Å². The minimum atomic E-state index is -0.169. The van der Waals surface area contributed by atoms with E-state index in [0.717, 1.165) is 20.0 Å². The van der Waals surface area contributed by atoms with Crippen molar-refractivity contribution in [2.24, 2.45) is 0 Å². The van der Waals surface area contributed by atoms with Gasteiger partial charge in [0.1, 0.15) is 5.75 Å². The van der Waals surface area contributed by atoms with Crippen LogP contribution in [0.5, 0.6) is 5.75 Å². The molecule has 9 heteroatoms. The topological polar surface area (TPSA) is 66.5 Å². The number of rotatable bonds is 5. The predicted octanol–water partition coefficient (Wildman–Crippen LogP) is 5.05. The molecule has 0 saturated carbocycles. The zero-order chi connectivity index (χ0) is 21.3. The Bertz CT molecular complexity index is 1090. The Morgan fingerprint density at radius 3 is 2.77 bits per heavy atom. The molecule has 0 radical (unpaired) electrons. The van der Waals surface area contributed by atoms with E-state index in [-0.39, 0.29) is 18.0 Å². The maximum Gasteiger partial charge on any atom is 0.221 e. The average molecular weight is 503 g/mol. The fraction of sp³-hybridized carbons (Fsp3) is 0.190. The fourth-order valence-corrected chi connectivity index (χ4v) is 5.44. The Labute approximate surface area is 192 Å². The Morgan fingerprint density at radius 2 is 2.13 bits per heavy atom. The number of benzene rings is 1. The molecule has 3 aromatic rings. The van der Waals surface area contributed by atoms with Gasteiger partial charge in [-0.3, -0.25) is 9.78 Å². The summed E-state index contributed by atoms with van der Waals surface area (Å²) in [5.41, 5.74) is 2.36. The molecule has 3 heterocycles. The Kier molecular flexibility index (Phi) is 6.03. The lowest BCUT2D eigenvalue weighted by Crippen LogP contribution is -2.29. The van der Waals surface area contributed by atoms with Gasteiger partial charge in [-0.25, -0.2) is 0 Å². The molecule has 0 unspecified atom stereocenters. The quantitative estimate of drug-likeness (QED) is 0.475. The van der Waals surface area contributed by atoms with Crippen LogP contribution in [0.1, 0.15) is 29.6 Å². The van der Waals surface area contributed by atoms with Crippen LogP contribution in [0.15, 0.2) is 58.5 Å². The smallest absolute Gasteiger partial charge is 0.221 e. The summed E-state index contributed by atoms with van der Waals surface area (Å²) in [5.74, 6) is 0.418. The van der Waals surface area contributed by atoms with Crippen LogP contribution in [0.25, 0.3) is 0 Å². The highest BCUT2D eigenvalue weighted by molar-refractivity contribution is 9.11. The highest BCUT2D eigenvalue weighted by Gasteiger charge is 2.41. The molecule has 1 aliphatic heterocycles. The van der Waals surface area contributed by atoms with Crippen molar-refractivity contribution >= 4 is 61.9 Å². The molecule has 1 aliphatic rings. The standard InChI is InChI=1S/C21H19BrN4O2S2/c1-12(27)24-15-11-13(6-7-16(15)28-2)26-20(17-8-9-18(22)30-17)19(25-21(26)29)14-5-3-4-10-23-14/h3-11,19-20H,1-2H3,(H,24,27)(H,25,29)/t19-,20+/m0/s1. The molecule has 1 fully saturated rings. The van der Waals surface area contributed by atoms with Crippen LogP contribution in [-0.4, -0.2) is 23.1 Å². The van der Waals surface area contributed by atoms with Crippen LogP contribution in [0.3, 0.4) is 0 Å². The number of hydrogen-bond acceptors (Lipinski definition) is 5. The Hall–Kier alpha value is -2.49. The van der Waals surface area contributed by atoms with Gasteiger partial charge < -0.3 is 20.3 Å². The van der Waals surface area contributed by atoms with Gasteiger partial charge in [0.2, 0.25) is 5.91 Å². The molecule has 1 amide bonds. The summed E-state index contributed by atoms with van der Waals surface area (Å²) in [6.07, 6.45) is 1.78. The van der Waals surface area contributed by atoms with E-state index < -0.39 is 0 Å². The van der Waals surface area contributed by atoms with Crippen LogP contribution in [0, 0.1) is 0 Å². The molecule has 30 heavy (non-hydrogen) atoms. The number of nitrogens with one attached hydrogen (secondary N) is 2. The summed E-state index contributed by atoms with van der Waals surface area (Å²) in [4.78, 5) is 19.4. The molecule has 2 N–H and O–H groups in total. The number of pyridine rings is 1. The lowest BCUT2D eigenvalue weighted by atomic mass is 10.0. The van der Waals surface area contributed by atoms with Gasteiger partial charge in [-0.15, -0.1) is 11.3 Å². The van der Waals surface area contributed by atoms with Gasteiger partial charge in [0, 0.05) is 23.7 Å². The van der Waals surface area contributed by atoms with E-state index in [4.69, 9.17) is 17.0 Å². The Balaban J connectivity index is 1.81. The van der Waals surface area contributed by atoms with Crippen LogP contribution in [0.4, 0.5) is 11.4 Å². The SMILES string of the molecule is COc1ccc(N2C(=S)N[C@@H](c3ccccn3)[C@H]2c2ccc(Br)s2)cc1NC(C)=O. The van der Waals surface area contributed by atoms with Crippen molar-refractivity contribution in [1.82, 2.24) is 10.3 Å². The normalized spacial score (nSPS) is 18.2. The van der Waals surface area contributed by atoms with Crippen LogP contribution in [-0.2, 0) is 4.79 Å². The van der Waals surface area contributed by atoms with Crippen molar-refractivity contribution < 1.29 is 9.53 Å². The number of nitrogens with zero attached hydrogens (tertiary/aromatic N) is 2. The van der Waals surface area contributed by atoms with Crippen molar-refractivity contribution in [3.05, 3.63) is 69.1 Å². The first-order valence-electron chi connectivity index (χ1n) is 9.19. The Morgan fingerprint density at radius 1 is 1.30 bits per heavy atom. The van der Waals surface area contributed by atoms with E-state index in [1.54, 1.807) is 24.6 Å². The number of aromatic nitrogens is 1. The van der Waals surface area contributed by atoms with Crippen LogP contribution < -0.4 is 20.3 Å². The highest BCUT2D eigenvalue weighted by Crippen LogP contribution is 2.45. The first-order chi connectivity index (χ1) is 14.5. The molecule has 0 spiro atoms. The van der Waals surface area contributed by atoms with E-state index in [1.165, 1.54) is 6.92 Å². The van der Waals surface area contributed by atoms with Crippen molar-refractivity contribution in [3.63, 3.8) is 0 Å². The van der Waals surface area contributed by atoms with Crippen LogP contribution >= 0.6 is 39.5 Å². The monoisotopic (exact) mass is 502 g/mol. The lowest BCUT2D eigenvalue weighted by molar-refractivity contribution is -0.114. The lowest BCUT2D eigenvalue weighted by Gasteiger charge is -2.27. The molecule has 154 valence electrons. The van der Waals surface area contributed by atoms with Crippen molar-refractivity contribution in [2.45, 2.75) is 19.0 Å². The molecule has 4 rings (SSSR count). The minimum Gasteiger partial charge on any atom is -0.495 e. The number of methoxy groups -OCH3 is 1. The number of halogens is 1. The molecular weight excluding hydrogens is 484 g/mol. The summed E-state index contributed by atoms with van der Waals surface area (Å²) in [7, 11) is 1.57. The summed E-state index contributed by atoms with van der Waals surface area (Å²) in [5, 5.41) is 6.86. The summed E-state index contributed by atoms with van der Waals surface area (Å²) in [6, 6.07) is 15.4. The largest absolute Gasteiger partial charge is 0.495 e. The van der Waals surface area contributed by atoms with E-state index in [0.29, 0.717) is 16.5 Å². The zero-order valence-electron chi connectivity index (χ0n) is 16.3. The predicted molar refractivity (Wildman–Crippen MR) is 127 cm³/mol. The third-order valence-corrected chi connectivity index (χ3v) is 6.76. The van der Waals surface area contributed by atoms with E-state index >= 15 is 0 Å². The average Bonchev–Trinajstić information content (AvgIpc) is 3.31. The molecule has 2 aromatic heterocycles. The fourth-order valence-electron chi connectivity index (χ4n) is 3.54.